The number of hydrogen-bond acceptors (Lipinski definition) is 5. The summed E-state index contributed by atoms with van der Waals surface area (Å²) in [5, 5.41) is 11.2. The molecule has 1 fully saturated rings. The molecule has 2 unspecified atom stereocenters. The number of likely N-dealkylation sites (tertiary alicyclic amines) is 1. The number of hydrogen-bond donors (Lipinski definition) is 1. The van der Waals surface area contributed by atoms with Gasteiger partial charge in [-0.25, -0.2) is 0 Å². The number of carbonyl (C=O) groups excluding carboxylic acids is 1. The second-order valence-corrected chi connectivity index (χ2v) is 7.61. The van der Waals surface area contributed by atoms with E-state index < -0.39 is 4.92 Å². The molecule has 2 aromatic carbocycles. The highest BCUT2D eigenvalue weighted by Gasteiger charge is 2.33. The SMILES string of the molecule is CC1CC(CN)CN1C(=O)c1cc([N+](=O)[O-])ccc1Sc1ccccc1.Cl. The normalized spacial score (nSPS) is 18.8. The standard InChI is InChI=1S/C19H21N3O3S.ClH/c1-13-9-14(11-20)12-21(13)19(23)17-10-15(22(24)25)7-8-18(17)26-16-5-3-2-4-6-16;/h2-8,10,13-14H,9,11-12,20H2,1H3;1H. The molecule has 0 spiro atoms. The van der Waals surface area contributed by atoms with Crippen LogP contribution in [0.1, 0.15) is 23.7 Å². The lowest BCUT2D eigenvalue weighted by Crippen LogP contribution is -2.34. The summed E-state index contributed by atoms with van der Waals surface area (Å²) in [6.07, 6.45) is 0.859. The molecule has 1 heterocycles. The van der Waals surface area contributed by atoms with Crippen LogP contribution in [0.5, 0.6) is 0 Å². The zero-order valence-corrected chi connectivity index (χ0v) is 16.5. The van der Waals surface area contributed by atoms with E-state index in [2.05, 4.69) is 0 Å². The molecule has 1 aliphatic heterocycles. The zero-order chi connectivity index (χ0) is 18.7. The van der Waals surface area contributed by atoms with E-state index in [0.29, 0.717) is 18.7 Å². The van der Waals surface area contributed by atoms with Crippen LogP contribution in [0.25, 0.3) is 0 Å². The highest BCUT2D eigenvalue weighted by atomic mass is 35.5. The maximum absolute atomic E-state index is 13.2. The first-order valence-corrected chi connectivity index (χ1v) is 9.33. The van der Waals surface area contributed by atoms with Crippen molar-refractivity contribution in [2.45, 2.75) is 29.2 Å². The second kappa shape index (κ2) is 9.21. The largest absolute Gasteiger partial charge is 0.336 e. The van der Waals surface area contributed by atoms with E-state index in [0.717, 1.165) is 16.2 Å². The van der Waals surface area contributed by atoms with Gasteiger partial charge >= 0.3 is 0 Å². The maximum atomic E-state index is 13.2. The number of halogens is 1. The quantitative estimate of drug-likeness (QED) is 0.598. The van der Waals surface area contributed by atoms with Crippen LogP contribution in [0.15, 0.2) is 58.3 Å². The minimum absolute atomic E-state index is 0. The van der Waals surface area contributed by atoms with Crippen molar-refractivity contribution < 1.29 is 9.72 Å². The van der Waals surface area contributed by atoms with Gasteiger partial charge < -0.3 is 10.6 Å². The molecule has 2 N–H and O–H groups in total. The molecule has 1 amide bonds. The zero-order valence-electron chi connectivity index (χ0n) is 14.9. The molecular formula is C19H22ClN3O3S. The fraction of sp³-hybridized carbons (Fsp3) is 0.316. The van der Waals surface area contributed by atoms with Gasteiger partial charge in [0.2, 0.25) is 0 Å². The summed E-state index contributed by atoms with van der Waals surface area (Å²) in [5.74, 6) is 0.105. The summed E-state index contributed by atoms with van der Waals surface area (Å²) in [5.41, 5.74) is 6.06. The maximum Gasteiger partial charge on any atom is 0.270 e. The molecular weight excluding hydrogens is 386 g/mol. The van der Waals surface area contributed by atoms with E-state index in [1.807, 2.05) is 37.3 Å². The Morgan fingerprint density at radius 3 is 2.59 bits per heavy atom. The average molecular weight is 408 g/mol. The summed E-state index contributed by atoms with van der Waals surface area (Å²) < 4.78 is 0. The molecule has 0 saturated carbocycles. The minimum Gasteiger partial charge on any atom is -0.336 e. The summed E-state index contributed by atoms with van der Waals surface area (Å²) in [7, 11) is 0. The molecule has 0 aromatic heterocycles. The Morgan fingerprint density at radius 1 is 1.30 bits per heavy atom. The van der Waals surface area contributed by atoms with Crippen LogP contribution < -0.4 is 5.73 Å². The Bertz CT molecular complexity index is 819. The number of nitro groups is 1. The van der Waals surface area contributed by atoms with E-state index in [-0.39, 0.29) is 36.0 Å². The van der Waals surface area contributed by atoms with Crippen molar-refractivity contribution in [2.24, 2.45) is 11.7 Å². The van der Waals surface area contributed by atoms with Crippen molar-refractivity contribution >= 4 is 35.8 Å². The topological polar surface area (TPSA) is 89.5 Å². The van der Waals surface area contributed by atoms with Gasteiger partial charge in [-0.3, -0.25) is 14.9 Å². The van der Waals surface area contributed by atoms with Crippen molar-refractivity contribution in [3.05, 3.63) is 64.2 Å². The minimum atomic E-state index is -0.468. The molecule has 144 valence electrons. The van der Waals surface area contributed by atoms with E-state index in [9.17, 15) is 14.9 Å². The van der Waals surface area contributed by atoms with Crippen molar-refractivity contribution in [3.63, 3.8) is 0 Å². The Kier molecular flexibility index (Phi) is 7.24. The molecule has 0 radical (unpaired) electrons. The molecule has 27 heavy (non-hydrogen) atoms. The van der Waals surface area contributed by atoms with Gasteiger partial charge in [0, 0.05) is 34.5 Å². The third-order valence-corrected chi connectivity index (χ3v) is 5.71. The molecule has 8 heteroatoms. The first kappa shape index (κ1) is 21.2. The molecule has 1 aliphatic rings. The number of nitro benzene ring substituents is 1. The van der Waals surface area contributed by atoms with Crippen LogP contribution in [0.2, 0.25) is 0 Å². The Morgan fingerprint density at radius 2 is 2.00 bits per heavy atom. The number of nitrogens with zero attached hydrogens (tertiary/aromatic N) is 2. The number of rotatable bonds is 5. The Labute approximate surface area is 168 Å². The monoisotopic (exact) mass is 407 g/mol. The average Bonchev–Trinajstić information content (AvgIpc) is 3.03. The van der Waals surface area contributed by atoms with Crippen LogP contribution in [-0.4, -0.2) is 34.9 Å². The number of nitrogens with two attached hydrogens (primary N) is 1. The van der Waals surface area contributed by atoms with Crippen LogP contribution in [0.3, 0.4) is 0 Å². The number of amides is 1. The fourth-order valence-electron chi connectivity index (χ4n) is 3.25. The van der Waals surface area contributed by atoms with Crippen LogP contribution in [0, 0.1) is 16.0 Å². The van der Waals surface area contributed by atoms with Crippen molar-refractivity contribution in [1.82, 2.24) is 4.90 Å². The first-order chi connectivity index (χ1) is 12.5. The van der Waals surface area contributed by atoms with Gasteiger partial charge in [-0.2, -0.15) is 0 Å². The van der Waals surface area contributed by atoms with E-state index >= 15 is 0 Å². The lowest BCUT2D eigenvalue weighted by atomic mass is 10.1. The van der Waals surface area contributed by atoms with Gasteiger partial charge in [-0.15, -0.1) is 12.4 Å². The predicted molar refractivity (Wildman–Crippen MR) is 109 cm³/mol. The number of carbonyl (C=O) groups is 1. The fourth-order valence-corrected chi connectivity index (χ4v) is 4.19. The highest BCUT2D eigenvalue weighted by molar-refractivity contribution is 7.99. The van der Waals surface area contributed by atoms with Crippen molar-refractivity contribution in [3.8, 4) is 0 Å². The third kappa shape index (κ3) is 4.80. The first-order valence-electron chi connectivity index (χ1n) is 8.52. The lowest BCUT2D eigenvalue weighted by Gasteiger charge is -2.22. The Balaban J connectivity index is 0.00000261. The second-order valence-electron chi connectivity index (χ2n) is 6.50. The van der Waals surface area contributed by atoms with Crippen LogP contribution in [-0.2, 0) is 0 Å². The molecule has 0 bridgehead atoms. The molecule has 0 aliphatic carbocycles. The van der Waals surface area contributed by atoms with Gasteiger partial charge in [0.15, 0.2) is 0 Å². The van der Waals surface area contributed by atoms with Crippen molar-refractivity contribution in [2.75, 3.05) is 13.1 Å². The highest BCUT2D eigenvalue weighted by Crippen LogP contribution is 2.34. The van der Waals surface area contributed by atoms with Gasteiger partial charge in [-0.05, 0) is 44.0 Å². The van der Waals surface area contributed by atoms with E-state index in [4.69, 9.17) is 5.73 Å². The van der Waals surface area contributed by atoms with Gasteiger partial charge in [0.25, 0.3) is 11.6 Å². The summed E-state index contributed by atoms with van der Waals surface area (Å²) in [6, 6.07) is 14.2. The summed E-state index contributed by atoms with van der Waals surface area (Å²) >= 11 is 1.43. The molecule has 3 rings (SSSR count). The van der Waals surface area contributed by atoms with Crippen molar-refractivity contribution in [1.29, 1.82) is 0 Å². The van der Waals surface area contributed by atoms with E-state index in [1.165, 1.54) is 23.9 Å². The van der Waals surface area contributed by atoms with Crippen LogP contribution >= 0.6 is 24.2 Å². The molecule has 2 atom stereocenters. The lowest BCUT2D eigenvalue weighted by molar-refractivity contribution is -0.384. The smallest absolute Gasteiger partial charge is 0.270 e. The van der Waals surface area contributed by atoms with Gasteiger partial charge in [0.05, 0.1) is 10.5 Å². The molecule has 1 saturated heterocycles. The van der Waals surface area contributed by atoms with Gasteiger partial charge in [0.1, 0.15) is 0 Å². The van der Waals surface area contributed by atoms with Crippen LogP contribution in [0.4, 0.5) is 5.69 Å². The molecule has 2 aromatic rings. The Hall–Kier alpha value is -2.09. The molecule has 6 nitrogen and oxygen atoms in total. The third-order valence-electron chi connectivity index (χ3n) is 4.63. The van der Waals surface area contributed by atoms with E-state index in [1.54, 1.807) is 11.0 Å². The number of non-ortho nitro benzene ring substituents is 1. The predicted octanol–water partition coefficient (Wildman–Crippen LogP) is 3.98. The number of benzene rings is 2. The summed E-state index contributed by atoms with van der Waals surface area (Å²) in [4.78, 5) is 27.3. The van der Waals surface area contributed by atoms with Gasteiger partial charge in [-0.1, -0.05) is 30.0 Å². The summed E-state index contributed by atoms with van der Waals surface area (Å²) in [6.45, 7) is 3.12.